The predicted octanol–water partition coefficient (Wildman–Crippen LogP) is 1.39. The number of hydrogen-bond donors (Lipinski definition) is 2. The number of nitrogens with zero attached hydrogens (tertiary/aromatic N) is 1. The van der Waals surface area contributed by atoms with Crippen molar-refractivity contribution < 1.29 is 9.47 Å². The Balaban J connectivity index is 1.96. The third kappa shape index (κ3) is 7.38. The Bertz CT molecular complexity index is 253. The zero-order chi connectivity index (χ0) is 13.9. The molecule has 1 heterocycles. The van der Waals surface area contributed by atoms with Crippen LogP contribution in [0.2, 0.25) is 0 Å². The molecule has 2 atom stereocenters. The van der Waals surface area contributed by atoms with Gasteiger partial charge in [-0.2, -0.15) is 0 Å². The molecular formula is C14H29N3O2. The fourth-order valence-corrected chi connectivity index (χ4v) is 1.88. The first-order valence-electron chi connectivity index (χ1n) is 7.39. The second-order valence-electron chi connectivity index (χ2n) is 5.11. The van der Waals surface area contributed by atoms with Crippen LogP contribution in [-0.2, 0) is 9.47 Å². The quantitative estimate of drug-likeness (QED) is 0.398. The van der Waals surface area contributed by atoms with E-state index >= 15 is 0 Å². The summed E-state index contributed by atoms with van der Waals surface area (Å²) in [5, 5.41) is 6.63. The highest BCUT2D eigenvalue weighted by Crippen LogP contribution is 2.12. The van der Waals surface area contributed by atoms with E-state index < -0.39 is 0 Å². The molecule has 0 spiro atoms. The molecule has 1 saturated heterocycles. The first-order valence-corrected chi connectivity index (χ1v) is 7.39. The number of aliphatic imine (C=N–C) groups is 1. The molecule has 1 rings (SSSR count). The molecule has 0 aliphatic carbocycles. The van der Waals surface area contributed by atoms with E-state index in [2.05, 4.69) is 29.5 Å². The molecule has 112 valence electrons. The maximum Gasteiger partial charge on any atom is 0.191 e. The summed E-state index contributed by atoms with van der Waals surface area (Å²) < 4.78 is 11.0. The van der Waals surface area contributed by atoms with Crippen LogP contribution >= 0.6 is 0 Å². The zero-order valence-corrected chi connectivity index (χ0v) is 12.6. The van der Waals surface area contributed by atoms with Gasteiger partial charge in [-0.05, 0) is 26.2 Å². The second-order valence-corrected chi connectivity index (χ2v) is 5.11. The maximum absolute atomic E-state index is 5.66. The van der Waals surface area contributed by atoms with E-state index in [-0.39, 0.29) is 0 Å². The Labute approximate surface area is 117 Å². The van der Waals surface area contributed by atoms with Crippen LogP contribution in [0.5, 0.6) is 0 Å². The molecular weight excluding hydrogens is 242 g/mol. The van der Waals surface area contributed by atoms with Crippen LogP contribution < -0.4 is 10.6 Å². The molecule has 0 saturated carbocycles. The van der Waals surface area contributed by atoms with Gasteiger partial charge in [-0.1, -0.05) is 6.92 Å². The number of hydrogen-bond acceptors (Lipinski definition) is 3. The van der Waals surface area contributed by atoms with Crippen molar-refractivity contribution >= 4 is 5.96 Å². The third-order valence-corrected chi connectivity index (χ3v) is 3.35. The van der Waals surface area contributed by atoms with Gasteiger partial charge in [-0.25, -0.2) is 0 Å². The van der Waals surface area contributed by atoms with Gasteiger partial charge in [-0.15, -0.1) is 0 Å². The summed E-state index contributed by atoms with van der Waals surface area (Å²) >= 11 is 0. The van der Waals surface area contributed by atoms with Crippen LogP contribution in [0, 0.1) is 5.92 Å². The number of ether oxygens (including phenoxy) is 2. The lowest BCUT2D eigenvalue weighted by molar-refractivity contribution is 0.0888. The molecule has 19 heavy (non-hydrogen) atoms. The van der Waals surface area contributed by atoms with Crippen molar-refractivity contribution in [3.8, 4) is 0 Å². The van der Waals surface area contributed by atoms with Crippen LogP contribution in [0.25, 0.3) is 0 Å². The molecule has 2 unspecified atom stereocenters. The standard InChI is InChI=1S/C14H29N3O2/c1-4-12(2)17-14(15-3)16-7-5-8-18-10-13-6-9-19-11-13/h12-13H,4-11H2,1-3H3,(H2,15,16,17). The molecule has 1 aliphatic heterocycles. The van der Waals surface area contributed by atoms with Gasteiger partial charge in [0.15, 0.2) is 5.96 Å². The van der Waals surface area contributed by atoms with E-state index in [1.54, 1.807) is 7.05 Å². The van der Waals surface area contributed by atoms with Gasteiger partial charge in [0.2, 0.25) is 0 Å². The lowest BCUT2D eigenvalue weighted by Gasteiger charge is -2.16. The van der Waals surface area contributed by atoms with Crippen molar-refractivity contribution in [1.82, 2.24) is 10.6 Å². The van der Waals surface area contributed by atoms with E-state index in [0.717, 1.165) is 58.2 Å². The van der Waals surface area contributed by atoms with Gasteiger partial charge >= 0.3 is 0 Å². The molecule has 0 radical (unpaired) electrons. The fourth-order valence-electron chi connectivity index (χ4n) is 1.88. The fraction of sp³-hybridized carbons (Fsp3) is 0.929. The Morgan fingerprint density at radius 3 is 3.00 bits per heavy atom. The van der Waals surface area contributed by atoms with Gasteiger partial charge in [-0.3, -0.25) is 4.99 Å². The van der Waals surface area contributed by atoms with Crippen molar-refractivity contribution in [2.75, 3.05) is 40.0 Å². The molecule has 1 fully saturated rings. The van der Waals surface area contributed by atoms with Crippen molar-refractivity contribution in [2.45, 2.75) is 39.2 Å². The summed E-state index contributed by atoms with van der Waals surface area (Å²) in [4.78, 5) is 4.19. The highest BCUT2D eigenvalue weighted by atomic mass is 16.5. The Hall–Kier alpha value is -0.810. The molecule has 2 N–H and O–H groups in total. The second kappa shape index (κ2) is 10.0. The van der Waals surface area contributed by atoms with E-state index in [4.69, 9.17) is 9.47 Å². The third-order valence-electron chi connectivity index (χ3n) is 3.35. The van der Waals surface area contributed by atoms with Crippen molar-refractivity contribution in [3.05, 3.63) is 0 Å². The normalized spacial score (nSPS) is 21.4. The van der Waals surface area contributed by atoms with Crippen LogP contribution in [0.1, 0.15) is 33.1 Å². The predicted molar refractivity (Wildman–Crippen MR) is 78.6 cm³/mol. The highest BCUT2D eigenvalue weighted by Gasteiger charge is 2.15. The minimum atomic E-state index is 0.449. The molecule has 0 amide bonds. The van der Waals surface area contributed by atoms with Crippen LogP contribution in [0.15, 0.2) is 4.99 Å². The molecule has 0 aromatic carbocycles. The summed E-state index contributed by atoms with van der Waals surface area (Å²) in [7, 11) is 1.80. The number of nitrogens with one attached hydrogen (secondary N) is 2. The Kier molecular flexibility index (Phi) is 8.58. The molecule has 0 aromatic rings. The Morgan fingerprint density at radius 1 is 1.53 bits per heavy atom. The van der Waals surface area contributed by atoms with Gasteiger partial charge in [0, 0.05) is 38.8 Å². The van der Waals surface area contributed by atoms with Crippen LogP contribution in [0.4, 0.5) is 0 Å². The topological polar surface area (TPSA) is 54.9 Å². The number of guanidine groups is 1. The van der Waals surface area contributed by atoms with Gasteiger partial charge < -0.3 is 20.1 Å². The average Bonchev–Trinajstić information content (AvgIpc) is 2.94. The van der Waals surface area contributed by atoms with E-state index in [1.807, 2.05) is 0 Å². The van der Waals surface area contributed by atoms with Crippen LogP contribution in [0.3, 0.4) is 0 Å². The molecule has 5 heteroatoms. The largest absolute Gasteiger partial charge is 0.381 e. The summed E-state index contributed by atoms with van der Waals surface area (Å²) in [6.07, 6.45) is 3.23. The van der Waals surface area contributed by atoms with Crippen molar-refractivity contribution in [1.29, 1.82) is 0 Å². The lowest BCUT2D eigenvalue weighted by Crippen LogP contribution is -2.42. The minimum Gasteiger partial charge on any atom is -0.381 e. The molecule has 5 nitrogen and oxygen atoms in total. The first kappa shape index (κ1) is 16.2. The highest BCUT2D eigenvalue weighted by molar-refractivity contribution is 5.79. The summed E-state index contributed by atoms with van der Waals surface area (Å²) in [5.74, 6) is 1.48. The van der Waals surface area contributed by atoms with E-state index in [0.29, 0.717) is 12.0 Å². The molecule has 0 aromatic heterocycles. The van der Waals surface area contributed by atoms with Gasteiger partial charge in [0.1, 0.15) is 0 Å². The number of rotatable bonds is 8. The average molecular weight is 271 g/mol. The van der Waals surface area contributed by atoms with E-state index in [1.165, 1.54) is 0 Å². The molecule has 0 bridgehead atoms. The van der Waals surface area contributed by atoms with Gasteiger partial charge in [0.05, 0.1) is 13.2 Å². The smallest absolute Gasteiger partial charge is 0.191 e. The summed E-state index contributed by atoms with van der Waals surface area (Å²) in [6.45, 7) is 8.59. The lowest BCUT2D eigenvalue weighted by atomic mass is 10.1. The monoisotopic (exact) mass is 271 g/mol. The van der Waals surface area contributed by atoms with Gasteiger partial charge in [0.25, 0.3) is 0 Å². The minimum absolute atomic E-state index is 0.449. The Morgan fingerprint density at radius 2 is 2.37 bits per heavy atom. The summed E-state index contributed by atoms with van der Waals surface area (Å²) in [5.41, 5.74) is 0. The van der Waals surface area contributed by atoms with E-state index in [9.17, 15) is 0 Å². The molecule has 1 aliphatic rings. The van der Waals surface area contributed by atoms with Crippen molar-refractivity contribution in [2.24, 2.45) is 10.9 Å². The summed E-state index contributed by atoms with van der Waals surface area (Å²) in [6, 6.07) is 0.449. The maximum atomic E-state index is 5.66. The van der Waals surface area contributed by atoms with Crippen LogP contribution in [-0.4, -0.2) is 52.0 Å². The first-order chi connectivity index (χ1) is 9.26. The SMILES string of the molecule is CCC(C)NC(=NC)NCCCOCC1CCOC1. The van der Waals surface area contributed by atoms with Crippen molar-refractivity contribution in [3.63, 3.8) is 0 Å². The zero-order valence-electron chi connectivity index (χ0n) is 12.6.